The summed E-state index contributed by atoms with van der Waals surface area (Å²) >= 11 is 7.61. The van der Waals surface area contributed by atoms with E-state index in [4.69, 9.17) is 16.3 Å². The lowest BCUT2D eigenvalue weighted by molar-refractivity contribution is -0.145. The molecule has 1 aliphatic rings. The summed E-state index contributed by atoms with van der Waals surface area (Å²) in [4.78, 5) is 27.3. The Bertz CT molecular complexity index is 777. The molecule has 26 heavy (non-hydrogen) atoms. The molecule has 2 aromatic carbocycles. The molecule has 0 unspecified atom stereocenters. The molecule has 0 radical (unpaired) electrons. The van der Waals surface area contributed by atoms with Gasteiger partial charge < -0.3 is 9.64 Å². The fourth-order valence-corrected chi connectivity index (χ4v) is 3.98. The molecule has 0 bridgehead atoms. The molecule has 1 atom stereocenters. The predicted octanol–water partition coefficient (Wildman–Crippen LogP) is 4.41. The molecule has 1 aliphatic heterocycles. The minimum absolute atomic E-state index is 0.116. The molecule has 1 heterocycles. The van der Waals surface area contributed by atoms with Crippen molar-refractivity contribution in [3.8, 4) is 0 Å². The molecule has 0 aliphatic carbocycles. The van der Waals surface area contributed by atoms with Crippen LogP contribution in [0.1, 0.15) is 28.8 Å². The Kier molecular flexibility index (Phi) is 6.22. The van der Waals surface area contributed by atoms with Crippen molar-refractivity contribution in [2.24, 2.45) is 0 Å². The average Bonchev–Trinajstić information content (AvgIpc) is 3.16. The maximum absolute atomic E-state index is 12.7. The van der Waals surface area contributed by atoms with Crippen molar-refractivity contribution in [3.05, 3.63) is 64.7 Å². The fraction of sp³-hybridized carbons (Fsp3) is 0.300. The Balaban J connectivity index is 1.62. The first kappa shape index (κ1) is 18.8. The molecule has 6 heteroatoms. The number of carbonyl (C=O) groups excluding carboxylic acids is 2. The van der Waals surface area contributed by atoms with Crippen LogP contribution >= 0.6 is 23.4 Å². The Morgan fingerprint density at radius 2 is 1.85 bits per heavy atom. The zero-order valence-electron chi connectivity index (χ0n) is 14.5. The summed E-state index contributed by atoms with van der Waals surface area (Å²) < 4.78 is 4.81. The van der Waals surface area contributed by atoms with Gasteiger partial charge in [0.05, 0.1) is 7.11 Å². The summed E-state index contributed by atoms with van der Waals surface area (Å²) in [5.41, 5.74) is 1.73. The summed E-state index contributed by atoms with van der Waals surface area (Å²) in [6.45, 7) is 0.590. The molecular weight excluding hydrogens is 370 g/mol. The number of carbonyl (C=O) groups is 2. The van der Waals surface area contributed by atoms with Crippen molar-refractivity contribution >= 4 is 35.2 Å². The molecule has 1 amide bonds. The van der Waals surface area contributed by atoms with E-state index in [-0.39, 0.29) is 11.9 Å². The van der Waals surface area contributed by atoms with Gasteiger partial charge in [-0.2, -0.15) is 0 Å². The van der Waals surface area contributed by atoms with Crippen LogP contribution in [0, 0.1) is 0 Å². The van der Waals surface area contributed by atoms with E-state index in [9.17, 15) is 9.59 Å². The van der Waals surface area contributed by atoms with Crippen LogP contribution in [0.5, 0.6) is 0 Å². The number of esters is 1. The fourth-order valence-electron chi connectivity index (χ4n) is 3.00. The Labute approximate surface area is 162 Å². The van der Waals surface area contributed by atoms with Crippen molar-refractivity contribution in [2.75, 3.05) is 13.7 Å². The molecule has 0 spiro atoms. The number of rotatable bonds is 5. The van der Waals surface area contributed by atoms with Crippen molar-refractivity contribution in [2.45, 2.75) is 29.5 Å². The Morgan fingerprint density at radius 1 is 1.15 bits per heavy atom. The minimum Gasteiger partial charge on any atom is -0.467 e. The average molecular weight is 390 g/mol. The van der Waals surface area contributed by atoms with Crippen LogP contribution < -0.4 is 0 Å². The van der Waals surface area contributed by atoms with Crippen LogP contribution in [-0.2, 0) is 15.3 Å². The van der Waals surface area contributed by atoms with Gasteiger partial charge in [-0.25, -0.2) is 4.79 Å². The lowest BCUT2D eigenvalue weighted by atomic mass is 10.1. The standard InChI is InChI=1S/C20H20ClNO3S/c1-25-20(24)18-3-2-12-22(18)19(23)15-6-4-14(5-7-15)13-26-17-10-8-16(21)9-11-17/h4-11,18H,2-3,12-13H2,1H3/t18-/m0/s1. The van der Waals surface area contributed by atoms with Gasteiger partial charge in [0.25, 0.3) is 5.91 Å². The van der Waals surface area contributed by atoms with E-state index in [0.29, 0.717) is 18.5 Å². The monoisotopic (exact) mass is 389 g/mol. The number of nitrogens with zero attached hydrogens (tertiary/aromatic N) is 1. The normalized spacial score (nSPS) is 16.5. The van der Waals surface area contributed by atoms with E-state index < -0.39 is 6.04 Å². The number of thioether (sulfide) groups is 1. The van der Waals surface area contributed by atoms with E-state index >= 15 is 0 Å². The number of hydrogen-bond donors (Lipinski definition) is 0. The zero-order chi connectivity index (χ0) is 18.5. The van der Waals surface area contributed by atoms with Gasteiger partial charge in [0, 0.05) is 27.8 Å². The van der Waals surface area contributed by atoms with Crippen LogP contribution in [0.2, 0.25) is 5.02 Å². The quantitative estimate of drug-likeness (QED) is 0.561. The number of benzene rings is 2. The smallest absolute Gasteiger partial charge is 0.328 e. The molecule has 2 aromatic rings. The van der Waals surface area contributed by atoms with Gasteiger partial charge in [-0.3, -0.25) is 4.79 Å². The highest BCUT2D eigenvalue weighted by molar-refractivity contribution is 7.98. The highest BCUT2D eigenvalue weighted by Crippen LogP contribution is 2.25. The van der Waals surface area contributed by atoms with Gasteiger partial charge in [-0.1, -0.05) is 23.7 Å². The molecule has 0 saturated carbocycles. The van der Waals surface area contributed by atoms with E-state index in [0.717, 1.165) is 27.7 Å². The second kappa shape index (κ2) is 8.60. The van der Waals surface area contributed by atoms with Crippen LogP contribution in [0.25, 0.3) is 0 Å². The summed E-state index contributed by atoms with van der Waals surface area (Å²) in [5.74, 6) is 0.353. The maximum atomic E-state index is 12.7. The van der Waals surface area contributed by atoms with Gasteiger partial charge >= 0.3 is 5.97 Å². The molecule has 0 N–H and O–H groups in total. The Hall–Kier alpha value is -1.98. The molecule has 136 valence electrons. The highest BCUT2D eigenvalue weighted by Gasteiger charge is 2.35. The van der Waals surface area contributed by atoms with E-state index in [1.807, 2.05) is 48.5 Å². The first-order chi connectivity index (χ1) is 12.6. The highest BCUT2D eigenvalue weighted by atomic mass is 35.5. The summed E-state index contributed by atoms with van der Waals surface area (Å²) in [6.07, 6.45) is 1.48. The molecule has 3 rings (SSSR count). The molecule has 0 aromatic heterocycles. The summed E-state index contributed by atoms with van der Waals surface area (Å²) in [5, 5.41) is 0.726. The van der Waals surface area contributed by atoms with Crippen LogP contribution in [-0.4, -0.2) is 36.5 Å². The number of halogens is 1. The SMILES string of the molecule is COC(=O)[C@@H]1CCCN1C(=O)c1ccc(CSc2ccc(Cl)cc2)cc1. The van der Waals surface area contributed by atoms with E-state index in [1.165, 1.54) is 7.11 Å². The largest absolute Gasteiger partial charge is 0.467 e. The number of hydrogen-bond acceptors (Lipinski definition) is 4. The Morgan fingerprint density at radius 3 is 2.50 bits per heavy atom. The number of likely N-dealkylation sites (tertiary alicyclic amines) is 1. The third-order valence-corrected chi connectivity index (χ3v) is 5.74. The molecular formula is C20H20ClNO3S. The number of methoxy groups -OCH3 is 1. The van der Waals surface area contributed by atoms with Crippen LogP contribution in [0.4, 0.5) is 0 Å². The topological polar surface area (TPSA) is 46.6 Å². The van der Waals surface area contributed by atoms with Gasteiger partial charge in [0.1, 0.15) is 6.04 Å². The third-order valence-electron chi connectivity index (χ3n) is 4.41. The van der Waals surface area contributed by atoms with Gasteiger partial charge in [-0.15, -0.1) is 11.8 Å². The van der Waals surface area contributed by atoms with Gasteiger partial charge in [-0.05, 0) is 54.8 Å². The lowest BCUT2D eigenvalue weighted by Gasteiger charge is -2.22. The van der Waals surface area contributed by atoms with Crippen molar-refractivity contribution < 1.29 is 14.3 Å². The van der Waals surface area contributed by atoms with Crippen LogP contribution in [0.3, 0.4) is 0 Å². The predicted molar refractivity (Wildman–Crippen MR) is 104 cm³/mol. The van der Waals surface area contributed by atoms with E-state index in [1.54, 1.807) is 16.7 Å². The van der Waals surface area contributed by atoms with Crippen LogP contribution in [0.15, 0.2) is 53.4 Å². The van der Waals surface area contributed by atoms with E-state index in [2.05, 4.69) is 0 Å². The lowest BCUT2D eigenvalue weighted by Crippen LogP contribution is -2.41. The van der Waals surface area contributed by atoms with Gasteiger partial charge in [0.15, 0.2) is 0 Å². The summed E-state index contributed by atoms with van der Waals surface area (Å²) in [7, 11) is 1.36. The second-order valence-electron chi connectivity index (χ2n) is 6.12. The number of ether oxygens (including phenoxy) is 1. The second-order valence-corrected chi connectivity index (χ2v) is 7.60. The minimum atomic E-state index is -0.465. The zero-order valence-corrected chi connectivity index (χ0v) is 16.1. The van der Waals surface area contributed by atoms with Gasteiger partial charge in [0.2, 0.25) is 0 Å². The number of amides is 1. The van der Waals surface area contributed by atoms with Crippen molar-refractivity contribution in [1.29, 1.82) is 0 Å². The molecule has 4 nitrogen and oxygen atoms in total. The maximum Gasteiger partial charge on any atom is 0.328 e. The first-order valence-corrected chi connectivity index (χ1v) is 9.81. The molecule has 1 fully saturated rings. The molecule has 1 saturated heterocycles. The summed E-state index contributed by atoms with van der Waals surface area (Å²) in [6, 6.07) is 14.8. The first-order valence-electron chi connectivity index (χ1n) is 8.44. The third kappa shape index (κ3) is 4.40. The van der Waals surface area contributed by atoms with Crippen molar-refractivity contribution in [3.63, 3.8) is 0 Å². The van der Waals surface area contributed by atoms with Crippen molar-refractivity contribution in [1.82, 2.24) is 4.90 Å².